The molecule has 1 aliphatic rings. The number of amides is 2. The molecule has 0 aromatic heterocycles. The van der Waals surface area contributed by atoms with Gasteiger partial charge < -0.3 is 30.9 Å². The van der Waals surface area contributed by atoms with Crippen molar-refractivity contribution in [3.63, 3.8) is 0 Å². The molecule has 40 heavy (non-hydrogen) atoms. The van der Waals surface area contributed by atoms with Crippen LogP contribution in [0, 0.1) is 5.92 Å². The number of carboxylic acids is 1. The molecule has 5 N–H and O–H groups in total. The zero-order chi connectivity index (χ0) is 28.5. The van der Waals surface area contributed by atoms with E-state index in [0.29, 0.717) is 55.0 Å². The first-order valence-corrected chi connectivity index (χ1v) is 14.4. The summed E-state index contributed by atoms with van der Waals surface area (Å²) in [5, 5.41) is 15.6. The van der Waals surface area contributed by atoms with Gasteiger partial charge in [-0.05, 0) is 64.7 Å². The molecule has 0 heterocycles. The van der Waals surface area contributed by atoms with Crippen molar-refractivity contribution in [1.29, 1.82) is 0 Å². The molecule has 0 unspecified atom stereocenters. The fourth-order valence-electron chi connectivity index (χ4n) is 4.20. The summed E-state index contributed by atoms with van der Waals surface area (Å²) in [6.07, 6.45) is 3.06. The lowest BCUT2D eigenvalue weighted by Crippen LogP contribution is -2.37. The van der Waals surface area contributed by atoms with Gasteiger partial charge in [-0.1, -0.05) is 60.1 Å². The summed E-state index contributed by atoms with van der Waals surface area (Å²) < 4.78 is 13.2. The van der Waals surface area contributed by atoms with Crippen LogP contribution in [-0.2, 0) is 17.9 Å². The molecule has 0 radical (unpaired) electrons. The molecule has 212 valence electrons. The second-order valence-corrected chi connectivity index (χ2v) is 11.0. The third-order valence-corrected chi connectivity index (χ3v) is 7.87. The minimum Gasteiger partial charge on any atom is -0.493 e. The fourth-order valence-corrected chi connectivity index (χ4v) is 5.05. The van der Waals surface area contributed by atoms with Gasteiger partial charge in [-0.3, -0.25) is 4.79 Å². The average molecular weight is 631 g/mol. The Morgan fingerprint density at radius 3 is 2.52 bits per heavy atom. The molecule has 4 rings (SSSR count). The molecule has 0 bridgehead atoms. The molecule has 1 fully saturated rings. The van der Waals surface area contributed by atoms with Crippen LogP contribution in [0.2, 0.25) is 5.02 Å². The molecule has 3 aromatic rings. The number of primary amides is 1. The monoisotopic (exact) mass is 629 g/mol. The molecule has 1 atom stereocenters. The summed E-state index contributed by atoms with van der Waals surface area (Å²) in [6, 6.07) is 18.3. The second kappa shape index (κ2) is 14.4. The number of carboxylic acid groups (broad SMARTS) is 1. The number of hydrogen-bond acceptors (Lipinski definition) is 5. The van der Waals surface area contributed by atoms with Crippen molar-refractivity contribution in [3.05, 3.63) is 81.3 Å². The number of rotatable bonds is 15. The van der Waals surface area contributed by atoms with Gasteiger partial charge in [-0.15, -0.1) is 0 Å². The Labute approximate surface area is 247 Å². The van der Waals surface area contributed by atoms with Gasteiger partial charge in [-0.25, -0.2) is 4.79 Å². The Morgan fingerprint density at radius 1 is 1.05 bits per heavy atom. The minimum absolute atomic E-state index is 0.241. The summed E-state index contributed by atoms with van der Waals surface area (Å²) in [6.45, 7) is 1.42. The molecule has 1 saturated carbocycles. The Bertz CT molecular complexity index is 1320. The van der Waals surface area contributed by atoms with Crippen LogP contribution in [0.3, 0.4) is 0 Å². The predicted molar refractivity (Wildman–Crippen MR) is 159 cm³/mol. The highest BCUT2D eigenvalue weighted by molar-refractivity contribution is 9.10. The normalized spacial score (nSPS) is 13.4. The molecule has 0 spiro atoms. The van der Waals surface area contributed by atoms with E-state index in [-0.39, 0.29) is 6.54 Å². The number of urea groups is 1. The van der Waals surface area contributed by atoms with Gasteiger partial charge in [-0.2, -0.15) is 0 Å². The van der Waals surface area contributed by atoms with Gasteiger partial charge in [0.25, 0.3) is 0 Å². The van der Waals surface area contributed by atoms with Crippen molar-refractivity contribution < 1.29 is 24.2 Å². The molecule has 3 aromatic carbocycles. The Morgan fingerprint density at radius 2 is 1.82 bits per heavy atom. The van der Waals surface area contributed by atoms with Crippen LogP contribution < -0.4 is 25.8 Å². The van der Waals surface area contributed by atoms with Crippen LogP contribution in [0.5, 0.6) is 11.5 Å². The highest BCUT2D eigenvalue weighted by Crippen LogP contribution is 2.37. The highest BCUT2D eigenvalue weighted by atomic mass is 79.9. The summed E-state index contributed by atoms with van der Waals surface area (Å²) in [5.74, 6) is 0.645. The largest absolute Gasteiger partial charge is 0.493 e. The summed E-state index contributed by atoms with van der Waals surface area (Å²) in [5.41, 5.74) is 8.96. The summed E-state index contributed by atoms with van der Waals surface area (Å²) in [4.78, 5) is 22.6. The number of nitrogens with one attached hydrogen (secondary N) is 2. The molecule has 2 amide bonds. The van der Waals surface area contributed by atoms with Crippen LogP contribution in [0.1, 0.15) is 36.8 Å². The smallest absolute Gasteiger partial charge is 0.320 e. The molecule has 8 nitrogen and oxygen atoms in total. The van der Waals surface area contributed by atoms with Crippen molar-refractivity contribution in [1.82, 2.24) is 10.6 Å². The van der Waals surface area contributed by atoms with E-state index < -0.39 is 18.0 Å². The van der Waals surface area contributed by atoms with Crippen molar-refractivity contribution >= 4 is 39.5 Å². The number of carbonyl (C=O) groups excluding carboxylic acids is 1. The molecule has 0 aliphatic heterocycles. The first-order valence-electron chi connectivity index (χ1n) is 13.2. The van der Waals surface area contributed by atoms with Crippen molar-refractivity contribution in [2.45, 2.75) is 44.9 Å². The topological polar surface area (TPSA) is 123 Å². The Balaban J connectivity index is 1.46. The number of benzene rings is 3. The van der Waals surface area contributed by atoms with Crippen molar-refractivity contribution in [3.8, 4) is 22.6 Å². The van der Waals surface area contributed by atoms with E-state index in [1.165, 1.54) is 0 Å². The maximum absolute atomic E-state index is 11.8. The first kappa shape index (κ1) is 29.7. The number of aliphatic carboxylic acids is 1. The van der Waals surface area contributed by atoms with Gasteiger partial charge in [0.05, 0.1) is 11.6 Å². The van der Waals surface area contributed by atoms with Gasteiger partial charge in [0.15, 0.2) is 0 Å². The highest BCUT2D eigenvalue weighted by Gasteiger charge is 2.24. The van der Waals surface area contributed by atoms with E-state index in [0.717, 1.165) is 39.6 Å². The Kier molecular flexibility index (Phi) is 10.7. The lowest BCUT2D eigenvalue weighted by atomic mass is 10.0. The molecule has 0 saturated heterocycles. The van der Waals surface area contributed by atoms with E-state index in [2.05, 4.69) is 44.8 Å². The van der Waals surface area contributed by atoms with Gasteiger partial charge in [0.1, 0.15) is 24.1 Å². The molecular weight excluding hydrogens is 598 g/mol. The number of halogens is 2. The number of ether oxygens (including phenoxy) is 2. The molecule has 1 aliphatic carbocycles. The van der Waals surface area contributed by atoms with Gasteiger partial charge in [0, 0.05) is 34.8 Å². The van der Waals surface area contributed by atoms with Crippen molar-refractivity contribution in [2.75, 3.05) is 13.2 Å². The first-order chi connectivity index (χ1) is 19.3. The molecular formula is C30H33BrClN3O5. The van der Waals surface area contributed by atoms with E-state index in [9.17, 15) is 14.7 Å². The van der Waals surface area contributed by atoms with Crippen LogP contribution in [0.15, 0.2) is 65.1 Å². The second-order valence-electron chi connectivity index (χ2n) is 9.78. The van der Waals surface area contributed by atoms with Crippen LogP contribution in [0.25, 0.3) is 11.1 Å². The zero-order valence-corrected chi connectivity index (χ0v) is 24.3. The van der Waals surface area contributed by atoms with E-state index in [4.69, 9.17) is 26.8 Å². The lowest BCUT2D eigenvalue weighted by Gasteiger charge is -2.19. The maximum atomic E-state index is 11.8. The van der Waals surface area contributed by atoms with Crippen LogP contribution >= 0.6 is 27.5 Å². The van der Waals surface area contributed by atoms with Crippen LogP contribution in [0.4, 0.5) is 4.79 Å². The van der Waals surface area contributed by atoms with E-state index in [1.54, 1.807) is 12.1 Å². The minimum atomic E-state index is -0.978. The fraction of sp³-hybridized carbons (Fsp3) is 0.333. The number of hydrogen-bond donors (Lipinski definition) is 4. The standard InChI is InChI=1S/C30H33BrClN3O5/c31-28-21(8-4-9-23(28)20-6-2-1-3-7-20)18-40-27-15-26(39-17-19-11-12-19)22(14-24(27)32)16-35-25(29(36)37)10-5-13-34-30(33)38/h1-4,6-9,14-15,19,25,35H,5,10-13,16-18H2,(H,36,37)(H3,33,34,38)/t25-/m0/s1. The summed E-state index contributed by atoms with van der Waals surface area (Å²) in [7, 11) is 0. The zero-order valence-electron chi connectivity index (χ0n) is 22.0. The van der Waals surface area contributed by atoms with Gasteiger partial charge >= 0.3 is 12.0 Å². The predicted octanol–water partition coefficient (Wildman–Crippen LogP) is 6.13. The van der Waals surface area contributed by atoms with Crippen molar-refractivity contribution in [2.24, 2.45) is 11.7 Å². The number of nitrogens with two attached hydrogens (primary N) is 1. The third-order valence-electron chi connectivity index (χ3n) is 6.64. The SMILES string of the molecule is NC(=O)NCCC[C@H](NCc1cc(Cl)c(OCc2cccc(-c3ccccc3)c2Br)cc1OCC1CC1)C(=O)O. The lowest BCUT2D eigenvalue weighted by molar-refractivity contribution is -0.139. The maximum Gasteiger partial charge on any atom is 0.320 e. The average Bonchev–Trinajstić information content (AvgIpc) is 3.77. The summed E-state index contributed by atoms with van der Waals surface area (Å²) >= 11 is 10.4. The van der Waals surface area contributed by atoms with Crippen LogP contribution in [-0.4, -0.2) is 36.3 Å². The number of carbonyl (C=O) groups is 2. The van der Waals surface area contributed by atoms with E-state index >= 15 is 0 Å². The third kappa shape index (κ3) is 8.61. The quantitative estimate of drug-likeness (QED) is 0.150. The molecule has 10 heteroatoms. The van der Waals surface area contributed by atoms with Gasteiger partial charge in [0.2, 0.25) is 0 Å². The Hall–Kier alpha value is -3.27. The van der Waals surface area contributed by atoms with E-state index in [1.807, 2.05) is 30.3 Å².